The molecule has 2 nitrogen and oxygen atoms in total. The largest absolute Gasteiger partial charge is 0.293 e. The van der Waals surface area contributed by atoms with Crippen LogP contribution >= 0.6 is 22.9 Å². The second kappa shape index (κ2) is 4.77. The third-order valence-corrected chi connectivity index (χ3v) is 4.31. The van der Waals surface area contributed by atoms with Crippen LogP contribution in [-0.4, -0.2) is 16.4 Å². The fourth-order valence-corrected chi connectivity index (χ4v) is 3.28. The minimum Gasteiger partial charge on any atom is -0.293 e. The van der Waals surface area contributed by atoms with E-state index in [1.165, 1.54) is 5.56 Å². The Morgan fingerprint density at radius 3 is 3.24 bits per heavy atom. The predicted octanol–water partition coefficient (Wildman–Crippen LogP) is 3.35. The third-order valence-electron chi connectivity index (χ3n) is 3.05. The Morgan fingerprint density at radius 1 is 1.41 bits per heavy atom. The zero-order chi connectivity index (χ0) is 11.7. The zero-order valence-electron chi connectivity index (χ0n) is 9.40. The lowest BCUT2D eigenvalue weighted by molar-refractivity contribution is 0.244. The Bertz CT molecular complexity index is 524. The van der Waals surface area contributed by atoms with Gasteiger partial charge in [-0.3, -0.25) is 9.88 Å². The topological polar surface area (TPSA) is 16.1 Å². The van der Waals surface area contributed by atoms with Crippen LogP contribution in [0.4, 0.5) is 0 Å². The van der Waals surface area contributed by atoms with Gasteiger partial charge in [0.2, 0.25) is 0 Å². The van der Waals surface area contributed by atoms with Crippen molar-refractivity contribution in [1.82, 2.24) is 9.88 Å². The molecule has 0 spiro atoms. The van der Waals surface area contributed by atoms with Gasteiger partial charge in [0.25, 0.3) is 0 Å². The van der Waals surface area contributed by atoms with E-state index in [0.717, 1.165) is 36.8 Å². The molecule has 3 rings (SSSR count). The first kappa shape index (κ1) is 11.2. The van der Waals surface area contributed by atoms with Crippen LogP contribution in [0.15, 0.2) is 29.8 Å². The molecule has 2 aromatic heterocycles. The van der Waals surface area contributed by atoms with Crippen molar-refractivity contribution in [2.75, 3.05) is 6.54 Å². The van der Waals surface area contributed by atoms with E-state index in [-0.39, 0.29) is 0 Å². The zero-order valence-corrected chi connectivity index (χ0v) is 11.0. The molecule has 0 saturated heterocycles. The van der Waals surface area contributed by atoms with Gasteiger partial charge in [-0.1, -0.05) is 11.6 Å². The SMILES string of the molecule is Clc1ccnc(CN2CCc3sccc3C2)c1. The van der Waals surface area contributed by atoms with Gasteiger partial charge in [0.05, 0.1) is 5.69 Å². The summed E-state index contributed by atoms with van der Waals surface area (Å²) in [6, 6.07) is 6.00. The maximum Gasteiger partial charge on any atom is 0.0558 e. The Hall–Kier alpha value is -0.900. The molecule has 1 aliphatic rings. The molecule has 4 heteroatoms. The number of fused-ring (bicyclic) bond motifs is 1. The molecule has 0 bridgehead atoms. The molecule has 0 amide bonds. The van der Waals surface area contributed by atoms with Crippen LogP contribution in [0.25, 0.3) is 0 Å². The molecule has 0 unspecified atom stereocenters. The van der Waals surface area contributed by atoms with Crippen molar-refractivity contribution >= 4 is 22.9 Å². The molecule has 0 N–H and O–H groups in total. The molecule has 0 saturated carbocycles. The highest BCUT2D eigenvalue weighted by Gasteiger charge is 2.17. The lowest BCUT2D eigenvalue weighted by Gasteiger charge is -2.26. The summed E-state index contributed by atoms with van der Waals surface area (Å²) in [5.41, 5.74) is 2.53. The maximum atomic E-state index is 5.97. The Kier molecular flexibility index (Phi) is 3.14. The van der Waals surface area contributed by atoms with Crippen LogP contribution in [0, 0.1) is 0 Å². The van der Waals surface area contributed by atoms with Crippen LogP contribution < -0.4 is 0 Å². The van der Waals surface area contributed by atoms with Gasteiger partial charge in [0.1, 0.15) is 0 Å². The molecular formula is C13H13ClN2S. The first-order chi connectivity index (χ1) is 8.31. The second-order valence-electron chi connectivity index (χ2n) is 4.30. The van der Waals surface area contributed by atoms with E-state index in [2.05, 4.69) is 21.3 Å². The van der Waals surface area contributed by atoms with Gasteiger partial charge in [-0.15, -0.1) is 11.3 Å². The Labute approximate surface area is 110 Å². The highest BCUT2D eigenvalue weighted by atomic mass is 35.5. The number of hydrogen-bond acceptors (Lipinski definition) is 3. The lowest BCUT2D eigenvalue weighted by Crippen LogP contribution is -2.29. The molecule has 0 fully saturated rings. The van der Waals surface area contributed by atoms with Crippen molar-refractivity contribution in [3.8, 4) is 0 Å². The average molecular weight is 265 g/mol. The summed E-state index contributed by atoms with van der Waals surface area (Å²) in [5, 5.41) is 2.95. The second-order valence-corrected chi connectivity index (χ2v) is 5.73. The predicted molar refractivity (Wildman–Crippen MR) is 71.4 cm³/mol. The number of aromatic nitrogens is 1. The van der Waals surface area contributed by atoms with Crippen molar-refractivity contribution in [2.24, 2.45) is 0 Å². The summed E-state index contributed by atoms with van der Waals surface area (Å²) < 4.78 is 0. The third kappa shape index (κ3) is 2.51. The minimum atomic E-state index is 0.767. The van der Waals surface area contributed by atoms with Crippen molar-refractivity contribution in [1.29, 1.82) is 0 Å². The fourth-order valence-electron chi connectivity index (χ4n) is 2.21. The standard InChI is InChI=1S/C13H13ClN2S/c14-11-1-4-15-12(7-11)9-16-5-2-13-10(8-16)3-6-17-13/h1,3-4,6-7H,2,5,8-9H2. The summed E-state index contributed by atoms with van der Waals surface area (Å²) in [6.07, 6.45) is 2.94. The summed E-state index contributed by atoms with van der Waals surface area (Å²) in [4.78, 5) is 8.32. The molecule has 88 valence electrons. The highest BCUT2D eigenvalue weighted by Crippen LogP contribution is 2.24. The van der Waals surface area contributed by atoms with Crippen LogP contribution in [0.3, 0.4) is 0 Å². The first-order valence-electron chi connectivity index (χ1n) is 5.69. The van der Waals surface area contributed by atoms with Crippen LogP contribution in [-0.2, 0) is 19.5 Å². The molecular weight excluding hydrogens is 252 g/mol. The van der Waals surface area contributed by atoms with Gasteiger partial charge >= 0.3 is 0 Å². The number of nitrogens with zero attached hydrogens (tertiary/aromatic N) is 2. The van der Waals surface area contributed by atoms with E-state index in [0.29, 0.717) is 0 Å². The molecule has 3 heterocycles. The van der Waals surface area contributed by atoms with Gasteiger partial charge in [-0.2, -0.15) is 0 Å². The van der Waals surface area contributed by atoms with E-state index in [4.69, 9.17) is 11.6 Å². The van der Waals surface area contributed by atoms with Crippen LogP contribution in [0.2, 0.25) is 5.02 Å². The number of halogens is 1. The van der Waals surface area contributed by atoms with E-state index < -0.39 is 0 Å². The van der Waals surface area contributed by atoms with E-state index in [1.807, 2.05) is 23.5 Å². The Morgan fingerprint density at radius 2 is 2.35 bits per heavy atom. The van der Waals surface area contributed by atoms with Gasteiger partial charge in [0, 0.05) is 35.7 Å². The first-order valence-corrected chi connectivity index (χ1v) is 6.95. The lowest BCUT2D eigenvalue weighted by atomic mass is 10.1. The molecule has 0 radical (unpaired) electrons. The summed E-state index contributed by atoms with van der Waals surface area (Å²) in [5.74, 6) is 0. The number of rotatable bonds is 2. The van der Waals surface area contributed by atoms with Crippen molar-refractivity contribution in [2.45, 2.75) is 19.5 Å². The fraction of sp³-hybridized carbons (Fsp3) is 0.308. The number of hydrogen-bond donors (Lipinski definition) is 0. The molecule has 2 aromatic rings. The molecule has 17 heavy (non-hydrogen) atoms. The number of thiophene rings is 1. The van der Waals surface area contributed by atoms with E-state index in [1.54, 1.807) is 11.1 Å². The van der Waals surface area contributed by atoms with Gasteiger partial charge < -0.3 is 0 Å². The smallest absolute Gasteiger partial charge is 0.0558 e. The quantitative estimate of drug-likeness (QED) is 0.827. The minimum absolute atomic E-state index is 0.767. The van der Waals surface area contributed by atoms with Crippen molar-refractivity contribution < 1.29 is 0 Å². The van der Waals surface area contributed by atoms with E-state index >= 15 is 0 Å². The highest BCUT2D eigenvalue weighted by molar-refractivity contribution is 7.10. The summed E-state index contributed by atoms with van der Waals surface area (Å²) >= 11 is 7.84. The van der Waals surface area contributed by atoms with Gasteiger partial charge in [0.15, 0.2) is 0 Å². The molecule has 0 aliphatic carbocycles. The maximum absolute atomic E-state index is 5.97. The monoisotopic (exact) mass is 264 g/mol. The van der Waals surface area contributed by atoms with E-state index in [9.17, 15) is 0 Å². The van der Waals surface area contributed by atoms with Gasteiger partial charge in [-0.05, 0) is 35.6 Å². The normalized spacial score (nSPS) is 15.8. The van der Waals surface area contributed by atoms with Gasteiger partial charge in [-0.25, -0.2) is 0 Å². The molecule has 0 aromatic carbocycles. The molecule has 1 aliphatic heterocycles. The van der Waals surface area contributed by atoms with Crippen molar-refractivity contribution in [3.63, 3.8) is 0 Å². The molecule has 0 atom stereocenters. The average Bonchev–Trinajstić information content (AvgIpc) is 2.76. The van der Waals surface area contributed by atoms with Crippen molar-refractivity contribution in [3.05, 3.63) is 50.9 Å². The summed E-state index contributed by atoms with van der Waals surface area (Å²) in [6.45, 7) is 3.03. The summed E-state index contributed by atoms with van der Waals surface area (Å²) in [7, 11) is 0. The Balaban J connectivity index is 1.72. The van der Waals surface area contributed by atoms with Crippen LogP contribution in [0.1, 0.15) is 16.1 Å². The van der Waals surface area contributed by atoms with Crippen LogP contribution in [0.5, 0.6) is 0 Å². The number of pyridine rings is 1.